The van der Waals surface area contributed by atoms with Crippen LogP contribution in [0.4, 0.5) is 4.79 Å². The first-order chi connectivity index (χ1) is 14.2. The average Bonchev–Trinajstić information content (AvgIpc) is 2.69. The molecule has 0 bridgehead atoms. The van der Waals surface area contributed by atoms with Gasteiger partial charge in [0.15, 0.2) is 8.32 Å². The van der Waals surface area contributed by atoms with Crippen molar-refractivity contribution in [3.05, 3.63) is 35.9 Å². The molecular formula is C22H39NO6Si. The van der Waals surface area contributed by atoms with Gasteiger partial charge in [-0.25, -0.2) is 4.79 Å². The molecule has 30 heavy (non-hydrogen) atoms. The van der Waals surface area contributed by atoms with Crippen LogP contribution in [-0.4, -0.2) is 67.2 Å². The second kappa shape index (κ2) is 14.5. The van der Waals surface area contributed by atoms with Gasteiger partial charge in [-0.3, -0.25) is 0 Å². The van der Waals surface area contributed by atoms with Crippen molar-refractivity contribution in [3.63, 3.8) is 0 Å². The van der Waals surface area contributed by atoms with Gasteiger partial charge < -0.3 is 28.7 Å². The molecule has 0 atom stereocenters. The molecule has 0 aliphatic carbocycles. The lowest BCUT2D eigenvalue weighted by Crippen LogP contribution is -2.41. The lowest BCUT2D eigenvalue weighted by atomic mass is 10.2. The topological polar surface area (TPSA) is 75.3 Å². The fourth-order valence-electron chi connectivity index (χ4n) is 2.11. The molecule has 7 nitrogen and oxygen atoms in total. The molecule has 0 aliphatic heterocycles. The maximum atomic E-state index is 11.6. The SMILES string of the molecule is CC(C)(C)[Si](C)(C)OCCOCCOCCOCCNC(=O)OCc1ccccc1. The lowest BCUT2D eigenvalue weighted by Gasteiger charge is -2.36. The molecule has 0 saturated heterocycles. The first-order valence-electron chi connectivity index (χ1n) is 10.5. The zero-order chi connectivity index (χ0) is 22.3. The normalized spacial score (nSPS) is 12.0. The molecule has 8 heteroatoms. The zero-order valence-electron chi connectivity index (χ0n) is 19.2. The summed E-state index contributed by atoms with van der Waals surface area (Å²) in [5, 5.41) is 2.86. The third kappa shape index (κ3) is 12.3. The Hall–Kier alpha value is -1.45. The van der Waals surface area contributed by atoms with Crippen LogP contribution in [0.5, 0.6) is 0 Å². The van der Waals surface area contributed by atoms with E-state index in [0.717, 1.165) is 5.56 Å². The van der Waals surface area contributed by atoms with Crippen LogP contribution >= 0.6 is 0 Å². The predicted octanol–water partition coefficient (Wildman–Crippen LogP) is 3.98. The lowest BCUT2D eigenvalue weighted by molar-refractivity contribution is 0.00896. The van der Waals surface area contributed by atoms with Gasteiger partial charge in [0.25, 0.3) is 0 Å². The number of hydrogen-bond donors (Lipinski definition) is 1. The van der Waals surface area contributed by atoms with Crippen molar-refractivity contribution in [2.24, 2.45) is 0 Å². The number of ether oxygens (including phenoxy) is 4. The van der Waals surface area contributed by atoms with Gasteiger partial charge in [-0.05, 0) is 23.7 Å². The van der Waals surface area contributed by atoms with Crippen LogP contribution in [0.1, 0.15) is 26.3 Å². The first-order valence-corrected chi connectivity index (χ1v) is 13.4. The van der Waals surface area contributed by atoms with Crippen molar-refractivity contribution in [3.8, 4) is 0 Å². The third-order valence-electron chi connectivity index (χ3n) is 4.97. The number of rotatable bonds is 15. The summed E-state index contributed by atoms with van der Waals surface area (Å²) in [6.07, 6.45) is -0.451. The summed E-state index contributed by atoms with van der Waals surface area (Å²) in [7, 11) is -1.69. The largest absolute Gasteiger partial charge is 0.445 e. The minimum Gasteiger partial charge on any atom is -0.445 e. The van der Waals surface area contributed by atoms with Gasteiger partial charge in [-0.15, -0.1) is 0 Å². The summed E-state index contributed by atoms with van der Waals surface area (Å²) in [6, 6.07) is 9.55. The van der Waals surface area contributed by atoms with Gasteiger partial charge in [-0.2, -0.15) is 0 Å². The van der Waals surface area contributed by atoms with Crippen molar-refractivity contribution < 1.29 is 28.2 Å². The van der Waals surface area contributed by atoms with Crippen LogP contribution < -0.4 is 5.32 Å². The van der Waals surface area contributed by atoms with Crippen molar-refractivity contribution in [1.82, 2.24) is 5.32 Å². The van der Waals surface area contributed by atoms with Crippen molar-refractivity contribution in [2.75, 3.05) is 52.8 Å². The van der Waals surface area contributed by atoms with E-state index in [1.807, 2.05) is 30.3 Å². The first kappa shape index (κ1) is 26.6. The highest BCUT2D eigenvalue weighted by Crippen LogP contribution is 2.36. The summed E-state index contributed by atoms with van der Waals surface area (Å²) in [5.41, 5.74) is 0.952. The molecule has 0 radical (unpaired) electrons. The van der Waals surface area contributed by atoms with Crippen LogP contribution in [0.3, 0.4) is 0 Å². The number of carbonyl (C=O) groups is 1. The summed E-state index contributed by atoms with van der Waals surface area (Å²) < 4.78 is 27.6. The maximum absolute atomic E-state index is 11.6. The van der Waals surface area contributed by atoms with Crippen LogP contribution in [0.25, 0.3) is 0 Å². The Labute approximate surface area is 182 Å². The molecule has 0 fully saturated rings. The average molecular weight is 442 g/mol. The molecule has 1 aromatic rings. The van der Waals surface area contributed by atoms with Crippen molar-refractivity contribution in [2.45, 2.75) is 45.5 Å². The van der Waals surface area contributed by atoms with E-state index in [9.17, 15) is 4.79 Å². The van der Waals surface area contributed by atoms with Gasteiger partial charge in [0.1, 0.15) is 6.61 Å². The van der Waals surface area contributed by atoms with Gasteiger partial charge >= 0.3 is 6.09 Å². The summed E-state index contributed by atoms with van der Waals surface area (Å²) in [6.45, 7) is 15.4. The van der Waals surface area contributed by atoms with Crippen LogP contribution in [0.15, 0.2) is 30.3 Å². The highest BCUT2D eigenvalue weighted by atomic mass is 28.4. The molecule has 1 N–H and O–H groups in total. The maximum Gasteiger partial charge on any atom is 0.407 e. The molecule has 0 heterocycles. The Bertz CT molecular complexity index is 577. The van der Waals surface area contributed by atoms with E-state index in [2.05, 4.69) is 39.2 Å². The van der Waals surface area contributed by atoms with Gasteiger partial charge in [-0.1, -0.05) is 51.1 Å². The minimum absolute atomic E-state index is 0.216. The number of nitrogens with one attached hydrogen (secondary N) is 1. The number of amides is 1. The Kier molecular flexibility index (Phi) is 12.9. The van der Waals surface area contributed by atoms with Crippen molar-refractivity contribution >= 4 is 14.4 Å². The molecule has 172 valence electrons. The highest BCUT2D eigenvalue weighted by Gasteiger charge is 2.36. The summed E-state index contributed by atoms with van der Waals surface area (Å²) >= 11 is 0. The Morgan fingerprint density at radius 3 is 1.97 bits per heavy atom. The second-order valence-corrected chi connectivity index (χ2v) is 13.2. The monoisotopic (exact) mass is 441 g/mol. The Morgan fingerprint density at radius 2 is 1.40 bits per heavy atom. The van der Waals surface area contributed by atoms with E-state index < -0.39 is 14.4 Å². The van der Waals surface area contributed by atoms with E-state index >= 15 is 0 Å². The highest BCUT2D eigenvalue weighted by molar-refractivity contribution is 6.74. The molecule has 1 amide bonds. The second-order valence-electron chi connectivity index (χ2n) is 8.43. The number of benzene rings is 1. The molecule has 0 unspecified atom stereocenters. The van der Waals surface area contributed by atoms with Crippen LogP contribution in [0, 0.1) is 0 Å². The van der Waals surface area contributed by atoms with Gasteiger partial charge in [0, 0.05) is 6.54 Å². The molecule has 0 spiro atoms. The third-order valence-corrected chi connectivity index (χ3v) is 9.51. The van der Waals surface area contributed by atoms with Crippen LogP contribution in [0.2, 0.25) is 18.1 Å². The van der Waals surface area contributed by atoms with Crippen molar-refractivity contribution in [1.29, 1.82) is 0 Å². The summed E-state index contributed by atoms with van der Waals surface area (Å²) in [5.74, 6) is 0. The number of carbonyl (C=O) groups excluding carboxylic acids is 1. The molecular weight excluding hydrogens is 402 g/mol. The van der Waals surface area contributed by atoms with Gasteiger partial charge in [0.05, 0.1) is 46.2 Å². The molecule has 0 aliphatic rings. The molecule has 1 rings (SSSR count). The number of hydrogen-bond acceptors (Lipinski definition) is 6. The van der Waals surface area contributed by atoms with E-state index in [1.165, 1.54) is 0 Å². The minimum atomic E-state index is -1.69. The number of alkyl carbamates (subject to hydrolysis) is 1. The fraction of sp³-hybridized carbons (Fsp3) is 0.682. The molecule has 0 saturated carbocycles. The van der Waals surface area contributed by atoms with E-state index in [4.69, 9.17) is 23.4 Å². The predicted molar refractivity (Wildman–Crippen MR) is 120 cm³/mol. The van der Waals surface area contributed by atoms with E-state index in [-0.39, 0.29) is 11.6 Å². The quantitative estimate of drug-likeness (QED) is 0.328. The zero-order valence-corrected chi connectivity index (χ0v) is 20.2. The van der Waals surface area contributed by atoms with E-state index in [0.29, 0.717) is 52.8 Å². The smallest absolute Gasteiger partial charge is 0.407 e. The molecule has 1 aromatic carbocycles. The molecule has 0 aromatic heterocycles. The Morgan fingerprint density at radius 1 is 0.867 bits per heavy atom. The van der Waals surface area contributed by atoms with Crippen LogP contribution in [-0.2, 0) is 30.0 Å². The summed E-state index contributed by atoms with van der Waals surface area (Å²) in [4.78, 5) is 11.6. The van der Waals surface area contributed by atoms with E-state index in [1.54, 1.807) is 0 Å². The standard InChI is InChI=1S/C22H39NO6Si/c1-22(2,3)30(4,5)29-18-17-27-16-15-26-14-13-25-12-11-23-21(24)28-19-20-9-7-6-8-10-20/h6-10H,11-19H2,1-5H3,(H,23,24). The van der Waals surface area contributed by atoms with Gasteiger partial charge in [0.2, 0.25) is 0 Å². The Balaban J connectivity index is 1.85. The fourth-order valence-corrected chi connectivity index (χ4v) is 3.14.